The van der Waals surface area contributed by atoms with Crippen LogP contribution in [0.4, 0.5) is 0 Å². The summed E-state index contributed by atoms with van der Waals surface area (Å²) in [5, 5.41) is 9.69. The maximum Gasteiger partial charge on any atom is 0.472 e. The summed E-state index contributed by atoms with van der Waals surface area (Å²) < 4.78 is 25.5. The van der Waals surface area contributed by atoms with Gasteiger partial charge < -0.3 is 20.5 Å². The van der Waals surface area contributed by atoms with Gasteiger partial charge in [-0.15, -0.1) is 0 Å². The zero-order valence-electron chi connectivity index (χ0n) is 21.1. The first-order valence-electron chi connectivity index (χ1n) is 12.9. The van der Waals surface area contributed by atoms with Gasteiger partial charge in [-0.3, -0.25) is 13.8 Å². The molecular formula is C25H48NO7P. The fraction of sp³-hybridized carbons (Fsp3) is 0.800. The third-order valence-electron chi connectivity index (χ3n) is 5.07. The van der Waals surface area contributed by atoms with E-state index in [9.17, 15) is 19.4 Å². The molecule has 2 unspecified atom stereocenters. The molecule has 2 atom stereocenters. The van der Waals surface area contributed by atoms with Crippen LogP contribution in [-0.4, -0.2) is 48.4 Å². The summed E-state index contributed by atoms with van der Waals surface area (Å²) in [5.41, 5.74) is 5.17. The molecule has 0 aromatic heterocycles. The molecule has 34 heavy (non-hydrogen) atoms. The van der Waals surface area contributed by atoms with Crippen molar-refractivity contribution in [1.82, 2.24) is 0 Å². The molecule has 0 aliphatic rings. The number of esters is 1. The van der Waals surface area contributed by atoms with Crippen LogP contribution in [0, 0.1) is 0 Å². The van der Waals surface area contributed by atoms with Crippen molar-refractivity contribution in [1.29, 1.82) is 0 Å². The van der Waals surface area contributed by atoms with Crippen molar-refractivity contribution in [3.8, 4) is 0 Å². The first-order chi connectivity index (χ1) is 16.4. The summed E-state index contributed by atoms with van der Waals surface area (Å²) in [4.78, 5) is 21.0. The largest absolute Gasteiger partial charge is 0.472 e. The van der Waals surface area contributed by atoms with Gasteiger partial charge in [0.25, 0.3) is 0 Å². The number of aliphatic hydroxyl groups excluding tert-OH is 1. The van der Waals surface area contributed by atoms with E-state index in [4.69, 9.17) is 10.5 Å². The molecule has 0 spiro atoms. The fourth-order valence-corrected chi connectivity index (χ4v) is 3.90. The van der Waals surface area contributed by atoms with E-state index in [1.807, 2.05) is 0 Å². The van der Waals surface area contributed by atoms with Crippen molar-refractivity contribution >= 4 is 13.8 Å². The van der Waals surface area contributed by atoms with E-state index in [-0.39, 0.29) is 19.8 Å². The van der Waals surface area contributed by atoms with Crippen LogP contribution in [0.3, 0.4) is 0 Å². The molecule has 0 rings (SSSR count). The van der Waals surface area contributed by atoms with Crippen LogP contribution in [0.5, 0.6) is 0 Å². The van der Waals surface area contributed by atoms with Gasteiger partial charge in [-0.25, -0.2) is 4.57 Å². The third-order valence-corrected chi connectivity index (χ3v) is 6.05. The standard InChI is InChI=1S/C25H48NO7P/c1-2-3-4-5-6-7-8-9-10-11-12-13-14-15-16-17-18-19-25(28)31-22-24(27)23-33-34(29,30)32-21-20-26/h6-7,9-10,24,27H,2-5,8,11-23,26H2,1H3,(H,29,30)/b7-6-,10-9-. The predicted molar refractivity (Wildman–Crippen MR) is 136 cm³/mol. The quantitative estimate of drug-likeness (QED) is 0.0671. The van der Waals surface area contributed by atoms with Crippen molar-refractivity contribution in [2.75, 3.05) is 26.4 Å². The van der Waals surface area contributed by atoms with Crippen molar-refractivity contribution in [3.05, 3.63) is 24.3 Å². The second kappa shape index (κ2) is 23.7. The van der Waals surface area contributed by atoms with E-state index >= 15 is 0 Å². The second-order valence-electron chi connectivity index (χ2n) is 8.41. The number of rotatable bonds is 24. The van der Waals surface area contributed by atoms with E-state index in [1.165, 1.54) is 51.4 Å². The monoisotopic (exact) mass is 505 g/mol. The Labute approximate surface area is 206 Å². The van der Waals surface area contributed by atoms with E-state index < -0.39 is 26.5 Å². The highest BCUT2D eigenvalue weighted by molar-refractivity contribution is 7.47. The maximum absolute atomic E-state index is 11.7. The lowest BCUT2D eigenvalue weighted by atomic mass is 10.1. The van der Waals surface area contributed by atoms with Crippen molar-refractivity contribution in [2.45, 2.75) is 103 Å². The highest BCUT2D eigenvalue weighted by atomic mass is 31.2. The molecule has 0 aromatic carbocycles. The number of phosphoric ester groups is 1. The number of hydrogen-bond donors (Lipinski definition) is 3. The number of phosphoric acid groups is 1. The van der Waals surface area contributed by atoms with Gasteiger partial charge >= 0.3 is 13.8 Å². The number of hydrogen-bond acceptors (Lipinski definition) is 7. The molecule has 0 aliphatic carbocycles. The third kappa shape index (κ3) is 24.1. The zero-order valence-corrected chi connectivity index (χ0v) is 22.0. The number of unbranched alkanes of at least 4 members (excludes halogenated alkanes) is 10. The molecular weight excluding hydrogens is 457 g/mol. The normalized spacial score (nSPS) is 14.6. The predicted octanol–water partition coefficient (Wildman–Crippen LogP) is 5.58. The molecule has 0 bridgehead atoms. The molecule has 0 heterocycles. The van der Waals surface area contributed by atoms with E-state index in [1.54, 1.807) is 0 Å². The van der Waals surface area contributed by atoms with Crippen molar-refractivity contribution in [2.24, 2.45) is 5.73 Å². The number of carbonyl (C=O) groups is 1. The molecule has 0 saturated carbocycles. The minimum Gasteiger partial charge on any atom is -0.463 e. The number of nitrogens with two attached hydrogens (primary N) is 1. The average Bonchev–Trinajstić information content (AvgIpc) is 2.82. The molecule has 9 heteroatoms. The first kappa shape index (κ1) is 33.0. The van der Waals surface area contributed by atoms with Gasteiger partial charge in [-0.1, -0.05) is 76.2 Å². The molecule has 0 saturated heterocycles. The summed E-state index contributed by atoms with van der Waals surface area (Å²) >= 11 is 0. The van der Waals surface area contributed by atoms with Crippen LogP contribution in [0.1, 0.15) is 96.8 Å². The average molecular weight is 506 g/mol. The maximum atomic E-state index is 11.7. The Kier molecular flexibility index (Phi) is 23.0. The van der Waals surface area contributed by atoms with Crippen LogP contribution in [-0.2, 0) is 23.1 Å². The lowest BCUT2D eigenvalue weighted by molar-refractivity contribution is -0.147. The lowest BCUT2D eigenvalue weighted by Crippen LogP contribution is -2.23. The van der Waals surface area contributed by atoms with Crippen molar-refractivity contribution < 1.29 is 33.1 Å². The number of carbonyl (C=O) groups excluding carboxylic acids is 1. The van der Waals surface area contributed by atoms with Gasteiger partial charge in [-0.2, -0.15) is 0 Å². The fourth-order valence-electron chi connectivity index (χ4n) is 3.13. The van der Waals surface area contributed by atoms with Crippen LogP contribution in [0.15, 0.2) is 24.3 Å². The van der Waals surface area contributed by atoms with Crippen LogP contribution >= 0.6 is 7.82 Å². The highest BCUT2D eigenvalue weighted by Gasteiger charge is 2.22. The van der Waals surface area contributed by atoms with Gasteiger partial charge in [0, 0.05) is 13.0 Å². The molecule has 0 radical (unpaired) electrons. The van der Waals surface area contributed by atoms with Crippen LogP contribution in [0.25, 0.3) is 0 Å². The Balaban J connectivity index is 3.49. The zero-order chi connectivity index (χ0) is 25.3. The highest BCUT2D eigenvalue weighted by Crippen LogP contribution is 2.42. The van der Waals surface area contributed by atoms with Gasteiger partial charge in [0.15, 0.2) is 0 Å². The summed E-state index contributed by atoms with van der Waals surface area (Å²) in [5.74, 6) is -0.395. The number of allylic oxidation sites excluding steroid dienone is 4. The smallest absolute Gasteiger partial charge is 0.463 e. The van der Waals surface area contributed by atoms with Gasteiger partial charge in [0.2, 0.25) is 0 Å². The summed E-state index contributed by atoms with van der Waals surface area (Å²) in [6.07, 6.45) is 23.1. The molecule has 200 valence electrons. The Bertz CT molecular complexity index is 584. The second-order valence-corrected chi connectivity index (χ2v) is 9.86. The van der Waals surface area contributed by atoms with E-state index in [2.05, 4.69) is 40.3 Å². The SMILES string of the molecule is CCCCC/C=C\C/C=C\CCCCCCCCCC(=O)OCC(O)COP(=O)(O)OCCN. The van der Waals surface area contributed by atoms with Crippen LogP contribution in [0.2, 0.25) is 0 Å². The Morgan fingerprint density at radius 3 is 2.09 bits per heavy atom. The lowest BCUT2D eigenvalue weighted by Gasteiger charge is -2.15. The molecule has 0 aliphatic heterocycles. The van der Waals surface area contributed by atoms with Gasteiger partial charge in [0.1, 0.15) is 12.7 Å². The molecule has 0 aromatic rings. The Morgan fingerprint density at radius 2 is 1.47 bits per heavy atom. The minimum absolute atomic E-state index is 0.0727. The van der Waals surface area contributed by atoms with Crippen molar-refractivity contribution in [3.63, 3.8) is 0 Å². The number of aliphatic hydroxyl groups is 1. The van der Waals surface area contributed by atoms with E-state index in [0.717, 1.165) is 32.1 Å². The first-order valence-corrected chi connectivity index (χ1v) is 14.4. The Hall–Kier alpha value is -1.02. The molecule has 8 nitrogen and oxygen atoms in total. The van der Waals surface area contributed by atoms with E-state index in [0.29, 0.717) is 6.42 Å². The van der Waals surface area contributed by atoms with Gasteiger partial charge in [-0.05, 0) is 38.5 Å². The van der Waals surface area contributed by atoms with Gasteiger partial charge in [0.05, 0.1) is 13.2 Å². The minimum atomic E-state index is -4.24. The molecule has 0 fully saturated rings. The van der Waals surface area contributed by atoms with Crippen LogP contribution < -0.4 is 5.73 Å². The topological polar surface area (TPSA) is 128 Å². The number of ether oxygens (including phenoxy) is 1. The molecule has 0 amide bonds. The summed E-state index contributed by atoms with van der Waals surface area (Å²) in [6.45, 7) is 1.40. The summed E-state index contributed by atoms with van der Waals surface area (Å²) in [7, 11) is -4.24. The summed E-state index contributed by atoms with van der Waals surface area (Å²) in [6, 6.07) is 0. The molecule has 4 N–H and O–H groups in total. The Morgan fingerprint density at radius 1 is 0.882 bits per heavy atom.